The quantitative estimate of drug-likeness (QED) is 0.342. The number of hydrogen-bond acceptors (Lipinski definition) is 6. The molecule has 3 aromatic rings. The molecular formula is C26H28N2O6. The van der Waals surface area contributed by atoms with Crippen LogP contribution in [0.2, 0.25) is 0 Å². The second-order valence-electron chi connectivity index (χ2n) is 8.30. The van der Waals surface area contributed by atoms with Gasteiger partial charge in [0.05, 0.1) is 6.20 Å². The van der Waals surface area contributed by atoms with Gasteiger partial charge in [-0.05, 0) is 29.2 Å². The minimum Gasteiger partial charge on any atom is -0.480 e. The van der Waals surface area contributed by atoms with Gasteiger partial charge < -0.3 is 19.6 Å². The van der Waals surface area contributed by atoms with Crippen LogP contribution < -0.4 is 10.1 Å². The molecule has 1 amide bonds. The predicted octanol–water partition coefficient (Wildman–Crippen LogP) is 4.14. The molecule has 1 aromatic heterocycles. The van der Waals surface area contributed by atoms with Crippen LogP contribution in [0.4, 0.5) is 0 Å². The van der Waals surface area contributed by atoms with Crippen LogP contribution in [0, 0.1) is 0 Å². The Bertz CT molecular complexity index is 1130. The molecule has 2 aromatic carbocycles. The lowest BCUT2D eigenvalue weighted by Gasteiger charge is -2.14. The number of carboxylic acids is 1. The molecular weight excluding hydrogens is 436 g/mol. The van der Waals surface area contributed by atoms with Gasteiger partial charge in [-0.1, -0.05) is 50.2 Å². The van der Waals surface area contributed by atoms with Gasteiger partial charge >= 0.3 is 11.9 Å². The third-order valence-electron chi connectivity index (χ3n) is 5.24. The number of nitrogens with zero attached hydrogens (tertiary/aromatic N) is 1. The maximum atomic E-state index is 12.4. The lowest BCUT2D eigenvalue weighted by molar-refractivity contribution is -0.141. The predicted molar refractivity (Wildman–Crippen MR) is 125 cm³/mol. The van der Waals surface area contributed by atoms with Crippen molar-refractivity contribution in [1.82, 2.24) is 10.3 Å². The standard InChI is InChI=1S/C26H28N2O6/c1-16(2)19-6-8-20(9-7-19)23-15-27-25(34-23)13-12-24(30)28-22(26(31)32)14-18-4-10-21(11-5-18)33-17(3)29/h4-11,15-16,22H,12-14H2,1-3H3,(H,28,30)(H,31,32). The van der Waals surface area contributed by atoms with Crippen molar-refractivity contribution in [2.24, 2.45) is 0 Å². The highest BCUT2D eigenvalue weighted by Crippen LogP contribution is 2.23. The molecule has 0 radical (unpaired) electrons. The molecule has 0 aliphatic carbocycles. The van der Waals surface area contributed by atoms with Crippen LogP contribution in [-0.2, 0) is 27.2 Å². The molecule has 0 saturated carbocycles. The number of aliphatic carboxylic acids is 1. The average Bonchev–Trinajstić information content (AvgIpc) is 3.27. The minimum atomic E-state index is -1.14. The summed E-state index contributed by atoms with van der Waals surface area (Å²) in [6, 6.07) is 13.4. The maximum Gasteiger partial charge on any atom is 0.326 e. The summed E-state index contributed by atoms with van der Waals surface area (Å²) in [6.45, 7) is 5.55. The zero-order valence-corrected chi connectivity index (χ0v) is 19.4. The Balaban J connectivity index is 1.53. The highest BCUT2D eigenvalue weighted by molar-refractivity contribution is 5.83. The van der Waals surface area contributed by atoms with Crippen molar-refractivity contribution in [3.05, 3.63) is 71.7 Å². The van der Waals surface area contributed by atoms with Crippen LogP contribution in [-0.4, -0.2) is 34.0 Å². The summed E-state index contributed by atoms with van der Waals surface area (Å²) < 4.78 is 10.7. The number of carbonyl (C=O) groups excluding carboxylic acids is 2. The van der Waals surface area contributed by atoms with E-state index in [-0.39, 0.29) is 19.3 Å². The van der Waals surface area contributed by atoms with E-state index in [1.807, 2.05) is 24.3 Å². The fourth-order valence-corrected chi connectivity index (χ4v) is 3.37. The van der Waals surface area contributed by atoms with Gasteiger partial charge in [-0.15, -0.1) is 0 Å². The Morgan fingerprint density at radius 1 is 1.06 bits per heavy atom. The molecule has 0 spiro atoms. The number of amides is 1. The van der Waals surface area contributed by atoms with Crippen LogP contribution in [0.3, 0.4) is 0 Å². The number of carbonyl (C=O) groups is 3. The van der Waals surface area contributed by atoms with Crippen molar-refractivity contribution in [3.63, 3.8) is 0 Å². The number of aryl methyl sites for hydroxylation is 1. The average molecular weight is 465 g/mol. The van der Waals surface area contributed by atoms with Crippen LogP contribution >= 0.6 is 0 Å². The Morgan fingerprint density at radius 3 is 2.32 bits per heavy atom. The lowest BCUT2D eigenvalue weighted by atomic mass is 10.0. The van der Waals surface area contributed by atoms with Crippen LogP contribution in [0.25, 0.3) is 11.3 Å². The number of ether oxygens (including phenoxy) is 1. The first kappa shape index (κ1) is 24.7. The second kappa shape index (κ2) is 11.3. The molecule has 1 unspecified atom stereocenters. The molecule has 0 aliphatic heterocycles. The van der Waals surface area contributed by atoms with E-state index in [1.54, 1.807) is 30.5 Å². The summed E-state index contributed by atoms with van der Waals surface area (Å²) in [5.41, 5.74) is 2.82. The fraction of sp³-hybridized carbons (Fsp3) is 0.308. The van der Waals surface area contributed by atoms with Crippen LogP contribution in [0.15, 0.2) is 59.1 Å². The van der Waals surface area contributed by atoms with Crippen molar-refractivity contribution in [2.45, 2.75) is 52.0 Å². The van der Waals surface area contributed by atoms with Crippen molar-refractivity contribution >= 4 is 17.8 Å². The topological polar surface area (TPSA) is 119 Å². The van der Waals surface area contributed by atoms with Gasteiger partial charge in [-0.3, -0.25) is 9.59 Å². The maximum absolute atomic E-state index is 12.4. The number of benzene rings is 2. The number of nitrogens with one attached hydrogen (secondary N) is 1. The van der Waals surface area contributed by atoms with E-state index in [1.165, 1.54) is 12.5 Å². The molecule has 178 valence electrons. The lowest BCUT2D eigenvalue weighted by Crippen LogP contribution is -2.42. The summed E-state index contributed by atoms with van der Waals surface area (Å²) in [5, 5.41) is 12.1. The molecule has 0 saturated heterocycles. The molecule has 1 atom stereocenters. The highest BCUT2D eigenvalue weighted by Gasteiger charge is 2.21. The molecule has 0 aliphatic rings. The summed E-state index contributed by atoms with van der Waals surface area (Å²) >= 11 is 0. The van der Waals surface area contributed by atoms with Gasteiger partial charge in [-0.25, -0.2) is 9.78 Å². The van der Waals surface area contributed by atoms with Crippen molar-refractivity contribution in [2.75, 3.05) is 0 Å². The van der Waals surface area contributed by atoms with Gasteiger partial charge in [0, 0.05) is 31.7 Å². The summed E-state index contributed by atoms with van der Waals surface area (Å²) in [7, 11) is 0. The van der Waals surface area contributed by atoms with E-state index in [9.17, 15) is 19.5 Å². The Morgan fingerprint density at radius 2 is 1.74 bits per heavy atom. The zero-order valence-electron chi connectivity index (χ0n) is 19.4. The Hall–Kier alpha value is -3.94. The summed E-state index contributed by atoms with van der Waals surface area (Å²) in [5.74, 6) is -0.158. The van der Waals surface area contributed by atoms with Gasteiger partial charge in [-0.2, -0.15) is 0 Å². The van der Waals surface area contributed by atoms with Crippen LogP contribution in [0.1, 0.15) is 50.1 Å². The second-order valence-corrected chi connectivity index (χ2v) is 8.30. The number of esters is 1. The van der Waals surface area contributed by atoms with E-state index in [0.29, 0.717) is 28.9 Å². The molecule has 1 heterocycles. The SMILES string of the molecule is CC(=O)Oc1ccc(CC(NC(=O)CCc2ncc(-c3ccc(C(C)C)cc3)o2)C(=O)O)cc1. The first-order valence-electron chi connectivity index (χ1n) is 11.1. The zero-order chi connectivity index (χ0) is 24.7. The summed E-state index contributed by atoms with van der Waals surface area (Å²) in [6.07, 6.45) is 2.01. The molecule has 3 rings (SSSR count). The third-order valence-corrected chi connectivity index (χ3v) is 5.24. The number of rotatable bonds is 10. The Kier molecular flexibility index (Phi) is 8.19. The van der Waals surface area contributed by atoms with Gasteiger partial charge in [0.25, 0.3) is 0 Å². The van der Waals surface area contributed by atoms with Gasteiger partial charge in [0.1, 0.15) is 11.8 Å². The number of carboxylic acid groups (broad SMARTS) is 1. The van der Waals surface area contributed by atoms with E-state index in [2.05, 4.69) is 24.1 Å². The minimum absolute atomic E-state index is 0.0431. The molecule has 34 heavy (non-hydrogen) atoms. The molecule has 0 fully saturated rings. The van der Waals surface area contributed by atoms with E-state index in [4.69, 9.17) is 9.15 Å². The smallest absolute Gasteiger partial charge is 0.326 e. The van der Waals surface area contributed by atoms with E-state index < -0.39 is 23.9 Å². The van der Waals surface area contributed by atoms with Crippen LogP contribution in [0.5, 0.6) is 5.75 Å². The van der Waals surface area contributed by atoms with Gasteiger partial charge in [0.2, 0.25) is 5.91 Å². The molecule has 8 heteroatoms. The largest absolute Gasteiger partial charge is 0.480 e. The Labute approximate surface area is 198 Å². The monoisotopic (exact) mass is 464 g/mol. The molecule has 2 N–H and O–H groups in total. The van der Waals surface area contributed by atoms with E-state index >= 15 is 0 Å². The number of hydrogen-bond donors (Lipinski definition) is 2. The molecule has 8 nitrogen and oxygen atoms in total. The normalized spacial score (nSPS) is 11.8. The van der Waals surface area contributed by atoms with Crippen molar-refractivity contribution in [3.8, 4) is 17.1 Å². The highest BCUT2D eigenvalue weighted by atomic mass is 16.5. The van der Waals surface area contributed by atoms with Crippen molar-refractivity contribution < 1.29 is 28.6 Å². The van der Waals surface area contributed by atoms with E-state index in [0.717, 1.165) is 5.56 Å². The summed E-state index contributed by atoms with van der Waals surface area (Å²) in [4.78, 5) is 39.2. The van der Waals surface area contributed by atoms with Gasteiger partial charge in [0.15, 0.2) is 11.7 Å². The third kappa shape index (κ3) is 7.03. The number of oxazole rings is 1. The van der Waals surface area contributed by atoms with Crippen molar-refractivity contribution in [1.29, 1.82) is 0 Å². The molecule has 0 bridgehead atoms. The first-order valence-corrected chi connectivity index (χ1v) is 11.1. The fourth-order valence-electron chi connectivity index (χ4n) is 3.37. The first-order chi connectivity index (χ1) is 16.2. The number of aromatic nitrogens is 1.